The van der Waals surface area contributed by atoms with Crippen molar-refractivity contribution in [3.8, 4) is 0 Å². The summed E-state index contributed by atoms with van der Waals surface area (Å²) in [6.45, 7) is -0.0342. The van der Waals surface area contributed by atoms with Gasteiger partial charge in [-0.05, 0) is 60.4 Å². The molecule has 1 aliphatic heterocycles. The van der Waals surface area contributed by atoms with E-state index in [9.17, 15) is 18.0 Å². The first-order valence-electron chi connectivity index (χ1n) is 11.7. The second kappa shape index (κ2) is 10.8. The first kappa shape index (κ1) is 25.9. The molecule has 0 fully saturated rings. The van der Waals surface area contributed by atoms with Crippen molar-refractivity contribution in [1.29, 1.82) is 0 Å². The number of sulfonamides is 1. The molecule has 0 aromatic heterocycles. The number of carboxylic acids is 1. The fourth-order valence-electron chi connectivity index (χ4n) is 4.57. The monoisotopic (exact) mass is 570 g/mol. The molecule has 4 rings (SSSR count). The molecule has 7 nitrogen and oxygen atoms in total. The van der Waals surface area contributed by atoms with Gasteiger partial charge in [0.15, 0.2) is 0 Å². The number of hydrogen-bond acceptors (Lipinski definition) is 5. The Bertz CT molecular complexity index is 1330. The Morgan fingerprint density at radius 3 is 2.00 bits per heavy atom. The van der Waals surface area contributed by atoms with Gasteiger partial charge in [0.2, 0.25) is 5.91 Å². The van der Waals surface area contributed by atoms with E-state index >= 15 is 0 Å². The number of hydrogen-bond donors (Lipinski definition) is 1. The highest BCUT2D eigenvalue weighted by Crippen LogP contribution is 2.45. The van der Waals surface area contributed by atoms with E-state index in [0.717, 1.165) is 31.3 Å². The lowest BCUT2D eigenvalue weighted by atomic mass is 9.84. The molecule has 0 radical (unpaired) electrons. The molecule has 1 N–H and O–H groups in total. The fraction of sp³-hybridized carbons (Fsp3) is 0.259. The number of carbonyl (C=O) groups excluding carboxylic acids is 1. The minimum atomic E-state index is -4.16. The summed E-state index contributed by atoms with van der Waals surface area (Å²) in [7, 11) is -2.23. The van der Waals surface area contributed by atoms with E-state index < -0.39 is 27.8 Å². The second-order valence-electron chi connectivity index (χ2n) is 8.68. The van der Waals surface area contributed by atoms with Crippen molar-refractivity contribution in [1.82, 2.24) is 4.31 Å². The maximum Gasteiger partial charge on any atom is 0.303 e. The number of carboxylic acid groups (broad SMARTS) is 1. The average molecular weight is 571 g/mol. The van der Waals surface area contributed by atoms with Crippen LogP contribution < -0.4 is 4.90 Å². The van der Waals surface area contributed by atoms with Crippen molar-refractivity contribution < 1.29 is 23.1 Å². The number of para-hydroxylation sites is 2. The van der Waals surface area contributed by atoms with Crippen LogP contribution in [0, 0.1) is 0 Å². The number of fused-ring (bicyclic) bond motifs is 2. The number of carbonyl (C=O) groups is 2. The Kier molecular flexibility index (Phi) is 7.80. The molecule has 1 heterocycles. The number of unbranched alkanes of at least 4 members (excludes halogenated alkanes) is 2. The van der Waals surface area contributed by atoms with E-state index in [4.69, 9.17) is 5.11 Å². The molecule has 3 aromatic rings. The van der Waals surface area contributed by atoms with Crippen LogP contribution in [0.5, 0.6) is 0 Å². The summed E-state index contributed by atoms with van der Waals surface area (Å²) in [5.41, 5.74) is 3.17. The van der Waals surface area contributed by atoms with Crippen molar-refractivity contribution in [3.05, 3.63) is 88.4 Å². The summed E-state index contributed by atoms with van der Waals surface area (Å²) in [6, 6.07) is 21.2. The number of nitrogens with zero attached hydrogens (tertiary/aromatic N) is 2. The van der Waals surface area contributed by atoms with Crippen molar-refractivity contribution in [2.45, 2.75) is 36.5 Å². The van der Waals surface area contributed by atoms with Crippen LogP contribution in [0.25, 0.3) is 0 Å². The molecular weight excluding hydrogens is 544 g/mol. The van der Waals surface area contributed by atoms with E-state index in [1.54, 1.807) is 12.1 Å². The number of rotatable bonds is 9. The summed E-state index contributed by atoms with van der Waals surface area (Å²) >= 11 is 3.33. The minimum Gasteiger partial charge on any atom is -0.481 e. The zero-order valence-corrected chi connectivity index (χ0v) is 22.2. The SMILES string of the molecule is CN1c2ccccc2C(C(=O)N(CCCCCC(=O)O)S(=O)(=O)c2ccc(Br)cc2)c2ccccc21. The standard InChI is InChI=1S/C27H27BrN2O5S/c1-29-23-11-6-4-9-21(23)26(22-10-5-7-12-24(22)29)27(33)30(18-8-2-3-13-25(31)32)36(34,35)20-16-14-19(28)15-17-20/h4-7,9-12,14-17,26H,2-3,8,13,18H2,1H3,(H,31,32). The lowest BCUT2D eigenvalue weighted by Gasteiger charge is -2.36. The van der Waals surface area contributed by atoms with Gasteiger partial charge in [-0.15, -0.1) is 0 Å². The van der Waals surface area contributed by atoms with Crippen molar-refractivity contribution in [3.63, 3.8) is 0 Å². The number of aliphatic carboxylic acids is 1. The highest BCUT2D eigenvalue weighted by molar-refractivity contribution is 9.10. The van der Waals surface area contributed by atoms with Crippen molar-refractivity contribution >= 4 is 49.2 Å². The van der Waals surface area contributed by atoms with Crippen LogP contribution in [0.4, 0.5) is 11.4 Å². The van der Waals surface area contributed by atoms with Crippen LogP contribution in [-0.4, -0.2) is 43.3 Å². The predicted octanol–water partition coefficient (Wildman–Crippen LogP) is 5.52. The maximum absolute atomic E-state index is 14.2. The largest absolute Gasteiger partial charge is 0.481 e. The van der Waals surface area contributed by atoms with Gasteiger partial charge in [0.25, 0.3) is 10.0 Å². The summed E-state index contributed by atoms with van der Waals surface area (Å²) in [6.07, 6.45) is 1.27. The number of benzene rings is 3. The third kappa shape index (κ3) is 5.17. The van der Waals surface area contributed by atoms with E-state index in [0.29, 0.717) is 19.3 Å². The van der Waals surface area contributed by atoms with Crippen LogP contribution in [0.2, 0.25) is 0 Å². The third-order valence-electron chi connectivity index (χ3n) is 6.36. The molecule has 0 saturated carbocycles. The average Bonchev–Trinajstić information content (AvgIpc) is 2.86. The van der Waals surface area contributed by atoms with Crippen LogP contribution in [0.3, 0.4) is 0 Å². The zero-order chi connectivity index (χ0) is 25.9. The maximum atomic E-state index is 14.2. The normalized spacial score (nSPS) is 13.1. The summed E-state index contributed by atoms with van der Waals surface area (Å²) < 4.78 is 29.2. The highest BCUT2D eigenvalue weighted by Gasteiger charge is 2.40. The quantitative estimate of drug-likeness (QED) is 0.340. The molecule has 1 aliphatic rings. The lowest BCUT2D eigenvalue weighted by molar-refractivity contribution is -0.137. The van der Waals surface area contributed by atoms with Gasteiger partial charge < -0.3 is 10.0 Å². The van der Waals surface area contributed by atoms with Crippen LogP contribution in [0.1, 0.15) is 42.7 Å². The summed E-state index contributed by atoms with van der Waals surface area (Å²) in [5, 5.41) is 8.92. The molecule has 1 amide bonds. The van der Waals surface area contributed by atoms with E-state index in [1.165, 1.54) is 12.1 Å². The third-order valence-corrected chi connectivity index (χ3v) is 8.70. The van der Waals surface area contributed by atoms with E-state index in [2.05, 4.69) is 15.9 Å². The first-order chi connectivity index (χ1) is 17.2. The minimum absolute atomic E-state index is 0.00309. The Balaban J connectivity index is 1.75. The Hall–Kier alpha value is -3.17. The van der Waals surface area contributed by atoms with Gasteiger partial charge in [-0.3, -0.25) is 9.59 Å². The van der Waals surface area contributed by atoms with Gasteiger partial charge in [0, 0.05) is 35.9 Å². The molecule has 9 heteroatoms. The van der Waals surface area contributed by atoms with Crippen molar-refractivity contribution in [2.75, 3.05) is 18.5 Å². The Morgan fingerprint density at radius 1 is 0.889 bits per heavy atom. The van der Waals surface area contributed by atoms with Gasteiger partial charge in [-0.25, -0.2) is 12.7 Å². The molecule has 0 unspecified atom stereocenters. The van der Waals surface area contributed by atoms with Crippen molar-refractivity contribution in [2.24, 2.45) is 0 Å². The fourth-order valence-corrected chi connectivity index (χ4v) is 6.28. The zero-order valence-electron chi connectivity index (χ0n) is 19.8. The van der Waals surface area contributed by atoms with Crippen LogP contribution >= 0.6 is 15.9 Å². The number of anilines is 2. The van der Waals surface area contributed by atoms with Gasteiger partial charge in [0.05, 0.1) is 10.8 Å². The number of halogens is 1. The van der Waals surface area contributed by atoms with E-state index in [-0.39, 0.29) is 17.9 Å². The molecule has 0 bridgehead atoms. The van der Waals surface area contributed by atoms with Gasteiger partial charge in [0.1, 0.15) is 0 Å². The van der Waals surface area contributed by atoms with Crippen LogP contribution in [0.15, 0.2) is 82.2 Å². The molecule has 3 aromatic carbocycles. The van der Waals surface area contributed by atoms with E-state index in [1.807, 2.05) is 60.5 Å². The highest BCUT2D eigenvalue weighted by atomic mass is 79.9. The predicted molar refractivity (Wildman–Crippen MR) is 142 cm³/mol. The van der Waals surface area contributed by atoms with Gasteiger partial charge in [-0.1, -0.05) is 58.7 Å². The molecule has 0 spiro atoms. The molecule has 0 saturated heterocycles. The van der Waals surface area contributed by atoms with Gasteiger partial charge in [-0.2, -0.15) is 0 Å². The molecule has 188 valence electrons. The summed E-state index contributed by atoms with van der Waals surface area (Å²) in [5.74, 6) is -2.22. The smallest absolute Gasteiger partial charge is 0.303 e. The molecule has 0 aliphatic carbocycles. The molecular formula is C27H27BrN2O5S. The molecule has 0 atom stereocenters. The lowest BCUT2D eigenvalue weighted by Crippen LogP contribution is -2.42. The second-order valence-corrected chi connectivity index (χ2v) is 11.5. The first-order valence-corrected chi connectivity index (χ1v) is 13.9. The Labute approximate surface area is 219 Å². The van der Waals surface area contributed by atoms with Crippen LogP contribution in [-0.2, 0) is 19.6 Å². The van der Waals surface area contributed by atoms with Gasteiger partial charge >= 0.3 is 5.97 Å². The molecule has 36 heavy (non-hydrogen) atoms. The Morgan fingerprint density at radius 2 is 1.44 bits per heavy atom. The number of amides is 1. The summed E-state index contributed by atoms with van der Waals surface area (Å²) in [4.78, 5) is 27.1. The topological polar surface area (TPSA) is 95.0 Å².